The fourth-order valence-electron chi connectivity index (χ4n) is 4.20. The van der Waals surface area contributed by atoms with E-state index in [1.807, 2.05) is 38.2 Å². The maximum atomic E-state index is 13.0. The van der Waals surface area contributed by atoms with Crippen molar-refractivity contribution in [2.45, 2.75) is 25.4 Å². The Morgan fingerprint density at radius 1 is 1.07 bits per heavy atom. The Hall–Kier alpha value is -2.73. The molecule has 1 amide bonds. The molecule has 1 N–H and O–H groups in total. The molecular weight excluding hydrogens is 378 g/mol. The van der Waals surface area contributed by atoms with Crippen LogP contribution in [-0.2, 0) is 11.3 Å². The predicted molar refractivity (Wildman–Crippen MR) is 119 cm³/mol. The molecule has 30 heavy (non-hydrogen) atoms. The number of ether oxygens (including phenoxy) is 2. The summed E-state index contributed by atoms with van der Waals surface area (Å²) in [5.41, 5.74) is 3.42. The van der Waals surface area contributed by atoms with Crippen LogP contribution in [0, 0.1) is 0 Å². The van der Waals surface area contributed by atoms with Crippen LogP contribution in [0.1, 0.15) is 30.0 Å². The summed E-state index contributed by atoms with van der Waals surface area (Å²) in [6, 6.07) is 14.5. The van der Waals surface area contributed by atoms with Gasteiger partial charge in [0.2, 0.25) is 0 Å². The van der Waals surface area contributed by atoms with E-state index in [1.165, 1.54) is 4.90 Å². The Kier molecular flexibility index (Phi) is 7.21. The normalized spacial score (nSPS) is 18.2. The van der Waals surface area contributed by atoms with Gasteiger partial charge in [-0.05, 0) is 35.9 Å². The van der Waals surface area contributed by atoms with Crippen LogP contribution in [0.25, 0.3) is 0 Å². The molecule has 1 unspecified atom stereocenters. The van der Waals surface area contributed by atoms with Crippen molar-refractivity contribution in [3.8, 4) is 11.5 Å². The zero-order chi connectivity index (χ0) is 21.7. The van der Waals surface area contributed by atoms with E-state index in [0.717, 1.165) is 47.7 Å². The molecule has 6 nitrogen and oxygen atoms in total. The Bertz CT molecular complexity index is 851. The van der Waals surface area contributed by atoms with Crippen molar-refractivity contribution in [1.82, 2.24) is 4.90 Å². The lowest BCUT2D eigenvalue weighted by molar-refractivity contribution is -0.910. The number of rotatable bonds is 8. The van der Waals surface area contributed by atoms with Crippen LogP contribution in [0.4, 0.5) is 5.69 Å². The zero-order valence-electron chi connectivity index (χ0n) is 18.8. The second-order valence-corrected chi connectivity index (χ2v) is 8.20. The third-order valence-electron chi connectivity index (χ3n) is 5.97. The lowest BCUT2D eigenvalue weighted by atomic mass is 10.0. The molecule has 6 heteroatoms. The molecule has 0 radical (unpaired) electrons. The van der Waals surface area contributed by atoms with Gasteiger partial charge >= 0.3 is 0 Å². The number of carbonyl (C=O) groups excluding carboxylic acids is 1. The molecule has 3 rings (SSSR count). The number of amides is 1. The largest absolute Gasteiger partial charge is 0.497 e. The van der Waals surface area contributed by atoms with Gasteiger partial charge in [-0.3, -0.25) is 4.79 Å². The van der Waals surface area contributed by atoms with E-state index < -0.39 is 0 Å². The maximum Gasteiger partial charge on any atom is 0.277 e. The van der Waals surface area contributed by atoms with Gasteiger partial charge < -0.3 is 24.2 Å². The Morgan fingerprint density at radius 2 is 1.80 bits per heavy atom. The lowest BCUT2D eigenvalue weighted by Gasteiger charge is -2.25. The highest BCUT2D eigenvalue weighted by molar-refractivity contribution is 5.76. The minimum atomic E-state index is 0.162. The topological polar surface area (TPSA) is 46.5 Å². The average Bonchev–Trinajstić information content (AvgIpc) is 3.21. The molecule has 162 valence electrons. The SMILES string of the molecule is COc1ccc(OC)c([C@H]2CCC[NH+]2CC(=O)N(C)Cc2ccc(N(C)C)cc2)c1. The first-order chi connectivity index (χ1) is 14.4. The first-order valence-corrected chi connectivity index (χ1v) is 10.5. The second-order valence-electron chi connectivity index (χ2n) is 8.20. The summed E-state index contributed by atoms with van der Waals surface area (Å²) in [6.45, 7) is 2.09. The predicted octanol–water partition coefficient (Wildman–Crippen LogP) is 2.15. The van der Waals surface area contributed by atoms with Crippen molar-refractivity contribution in [2.75, 3.05) is 53.4 Å². The number of hydrogen-bond acceptors (Lipinski definition) is 4. The number of anilines is 1. The van der Waals surface area contributed by atoms with Crippen molar-refractivity contribution in [3.63, 3.8) is 0 Å². The molecule has 0 aliphatic carbocycles. The van der Waals surface area contributed by atoms with Crippen molar-refractivity contribution in [2.24, 2.45) is 0 Å². The highest BCUT2D eigenvalue weighted by Crippen LogP contribution is 2.31. The minimum Gasteiger partial charge on any atom is -0.497 e. The molecule has 1 aliphatic rings. The molecular formula is C24H34N3O3+. The number of nitrogens with zero attached hydrogens (tertiary/aromatic N) is 2. The highest BCUT2D eigenvalue weighted by Gasteiger charge is 2.34. The van der Waals surface area contributed by atoms with Crippen LogP contribution in [0.15, 0.2) is 42.5 Å². The number of nitrogens with one attached hydrogen (secondary N) is 1. The van der Waals surface area contributed by atoms with Crippen LogP contribution in [0.2, 0.25) is 0 Å². The summed E-state index contributed by atoms with van der Waals surface area (Å²) in [4.78, 5) is 18.2. The Morgan fingerprint density at radius 3 is 2.43 bits per heavy atom. The van der Waals surface area contributed by atoms with E-state index in [9.17, 15) is 4.79 Å². The second kappa shape index (κ2) is 9.85. The number of quaternary nitrogens is 1. The standard InChI is InChI=1S/C24H33N3O3/c1-25(2)19-10-8-18(9-11-19)16-26(3)24(28)17-27-14-6-7-22(27)21-15-20(29-4)12-13-23(21)30-5/h8-13,15,22H,6-7,14,16-17H2,1-5H3/p+1/t22-/m1/s1. The van der Waals surface area contributed by atoms with Crippen LogP contribution in [0.5, 0.6) is 11.5 Å². The number of methoxy groups -OCH3 is 2. The summed E-state index contributed by atoms with van der Waals surface area (Å²) in [5.74, 6) is 1.85. The zero-order valence-corrected chi connectivity index (χ0v) is 18.8. The van der Waals surface area contributed by atoms with Crippen LogP contribution in [-0.4, -0.2) is 59.3 Å². The van der Waals surface area contributed by atoms with Gasteiger partial charge in [-0.25, -0.2) is 0 Å². The molecule has 1 fully saturated rings. The van der Waals surface area contributed by atoms with Crippen LogP contribution >= 0.6 is 0 Å². The number of hydrogen-bond donors (Lipinski definition) is 1. The van der Waals surface area contributed by atoms with E-state index >= 15 is 0 Å². The van der Waals surface area contributed by atoms with Crippen molar-refractivity contribution < 1.29 is 19.2 Å². The number of likely N-dealkylation sites (N-methyl/N-ethyl adjacent to an activating group) is 1. The summed E-state index contributed by atoms with van der Waals surface area (Å²) < 4.78 is 11.0. The monoisotopic (exact) mass is 412 g/mol. The van der Waals surface area contributed by atoms with E-state index in [1.54, 1.807) is 14.2 Å². The third kappa shape index (κ3) is 5.05. The molecule has 1 heterocycles. The van der Waals surface area contributed by atoms with Crippen LogP contribution < -0.4 is 19.3 Å². The maximum absolute atomic E-state index is 13.0. The van der Waals surface area contributed by atoms with Gasteiger partial charge in [0, 0.05) is 46.2 Å². The fraction of sp³-hybridized carbons (Fsp3) is 0.458. The minimum absolute atomic E-state index is 0.162. The van der Waals surface area contributed by atoms with E-state index in [-0.39, 0.29) is 11.9 Å². The molecule has 0 spiro atoms. The average molecular weight is 413 g/mol. The first-order valence-electron chi connectivity index (χ1n) is 10.5. The van der Waals surface area contributed by atoms with Crippen molar-refractivity contribution >= 4 is 11.6 Å². The molecule has 1 saturated heterocycles. The van der Waals surface area contributed by atoms with Crippen molar-refractivity contribution in [3.05, 3.63) is 53.6 Å². The molecule has 0 aromatic heterocycles. The third-order valence-corrected chi connectivity index (χ3v) is 5.97. The summed E-state index contributed by atoms with van der Waals surface area (Å²) in [6.07, 6.45) is 2.14. The van der Waals surface area contributed by atoms with Gasteiger partial charge in [0.25, 0.3) is 5.91 Å². The van der Waals surface area contributed by atoms with Gasteiger partial charge in [-0.2, -0.15) is 0 Å². The molecule has 0 bridgehead atoms. The Balaban J connectivity index is 1.66. The summed E-state index contributed by atoms with van der Waals surface area (Å²) in [5, 5.41) is 0. The van der Waals surface area contributed by atoms with Crippen molar-refractivity contribution in [1.29, 1.82) is 0 Å². The van der Waals surface area contributed by atoms with E-state index in [4.69, 9.17) is 9.47 Å². The summed E-state index contributed by atoms with van der Waals surface area (Å²) in [7, 11) is 9.31. The van der Waals surface area contributed by atoms with Gasteiger partial charge in [0.1, 0.15) is 17.5 Å². The molecule has 2 aromatic rings. The highest BCUT2D eigenvalue weighted by atomic mass is 16.5. The van der Waals surface area contributed by atoms with Gasteiger partial charge in [0.15, 0.2) is 6.54 Å². The Labute approximate surface area is 180 Å². The van der Waals surface area contributed by atoms with Gasteiger partial charge in [-0.1, -0.05) is 12.1 Å². The molecule has 1 aliphatic heterocycles. The molecule has 2 atom stereocenters. The van der Waals surface area contributed by atoms with E-state index in [2.05, 4.69) is 35.2 Å². The first kappa shape index (κ1) is 22.0. The van der Waals surface area contributed by atoms with Crippen LogP contribution in [0.3, 0.4) is 0 Å². The van der Waals surface area contributed by atoms with E-state index in [0.29, 0.717) is 13.1 Å². The fourth-order valence-corrected chi connectivity index (χ4v) is 4.20. The number of carbonyl (C=O) groups is 1. The van der Waals surface area contributed by atoms with Gasteiger partial charge in [-0.15, -0.1) is 0 Å². The lowest BCUT2D eigenvalue weighted by Crippen LogP contribution is -3.11. The smallest absolute Gasteiger partial charge is 0.277 e. The quantitative estimate of drug-likeness (QED) is 0.722. The summed E-state index contributed by atoms with van der Waals surface area (Å²) >= 11 is 0. The molecule has 2 aromatic carbocycles. The number of likely N-dealkylation sites (tertiary alicyclic amines) is 1. The molecule has 0 saturated carbocycles. The van der Waals surface area contributed by atoms with Gasteiger partial charge in [0.05, 0.1) is 26.3 Å². The number of benzene rings is 2.